The van der Waals surface area contributed by atoms with Crippen molar-refractivity contribution in [2.24, 2.45) is 0 Å². The molecule has 5 nitrogen and oxygen atoms in total. The Labute approximate surface area is 107 Å². The summed E-state index contributed by atoms with van der Waals surface area (Å²) in [5.74, 6) is -0.0806. The number of nitrogen functional groups attached to an aromatic ring is 1. The molecular weight excluding hydrogens is 234 g/mol. The molecule has 0 atom stereocenters. The third-order valence-electron chi connectivity index (χ3n) is 2.34. The maximum Gasteiger partial charge on any atom is 0.342 e. The van der Waals surface area contributed by atoms with E-state index in [4.69, 9.17) is 19.9 Å². The van der Waals surface area contributed by atoms with Gasteiger partial charge in [-0.05, 0) is 19.1 Å². The molecule has 2 N–H and O–H groups in total. The summed E-state index contributed by atoms with van der Waals surface area (Å²) in [6.07, 6.45) is 0.671. The number of esters is 1. The molecule has 0 aliphatic heterocycles. The van der Waals surface area contributed by atoms with E-state index in [2.05, 4.69) is 0 Å². The summed E-state index contributed by atoms with van der Waals surface area (Å²) in [5.41, 5.74) is 6.47. The van der Waals surface area contributed by atoms with Crippen molar-refractivity contribution in [3.8, 4) is 5.75 Å². The Bertz CT molecular complexity index is 393. The van der Waals surface area contributed by atoms with Crippen molar-refractivity contribution in [2.45, 2.75) is 13.3 Å². The molecule has 0 saturated heterocycles. The first-order valence-corrected chi connectivity index (χ1v) is 5.88. The first kappa shape index (κ1) is 14.3. The zero-order valence-electron chi connectivity index (χ0n) is 10.8. The molecule has 0 amide bonds. The number of methoxy groups -OCH3 is 1. The number of para-hydroxylation sites is 1. The van der Waals surface area contributed by atoms with E-state index < -0.39 is 5.97 Å². The Hall–Kier alpha value is -1.75. The highest BCUT2D eigenvalue weighted by Gasteiger charge is 2.15. The molecule has 0 saturated carbocycles. The van der Waals surface area contributed by atoms with Crippen LogP contribution in [-0.4, -0.2) is 32.9 Å². The molecule has 1 aromatic carbocycles. The topological polar surface area (TPSA) is 70.8 Å². The minimum atomic E-state index is -0.435. The molecule has 0 radical (unpaired) electrons. The molecule has 100 valence electrons. The second-order valence-corrected chi connectivity index (χ2v) is 3.61. The van der Waals surface area contributed by atoms with Gasteiger partial charge in [-0.1, -0.05) is 6.07 Å². The highest BCUT2D eigenvalue weighted by molar-refractivity contribution is 5.94. The van der Waals surface area contributed by atoms with Gasteiger partial charge in [-0.15, -0.1) is 0 Å². The van der Waals surface area contributed by atoms with E-state index >= 15 is 0 Å². The Balaban J connectivity index is 2.54. The maximum absolute atomic E-state index is 11.8. The van der Waals surface area contributed by atoms with Crippen molar-refractivity contribution >= 4 is 11.7 Å². The molecule has 5 heteroatoms. The number of rotatable bonds is 7. The molecule has 18 heavy (non-hydrogen) atoms. The van der Waals surface area contributed by atoms with Gasteiger partial charge in [0.25, 0.3) is 0 Å². The van der Waals surface area contributed by atoms with Crippen LogP contribution in [-0.2, 0) is 9.47 Å². The van der Waals surface area contributed by atoms with Crippen LogP contribution in [0, 0.1) is 0 Å². The molecule has 0 aliphatic rings. The molecule has 0 heterocycles. The van der Waals surface area contributed by atoms with Gasteiger partial charge in [0.2, 0.25) is 0 Å². The number of carbonyl (C=O) groups is 1. The van der Waals surface area contributed by atoms with Crippen LogP contribution in [0.5, 0.6) is 5.75 Å². The molecular formula is C13H19NO4. The Morgan fingerprint density at radius 1 is 1.33 bits per heavy atom. The lowest BCUT2D eigenvalue weighted by molar-refractivity contribution is 0.0449. The van der Waals surface area contributed by atoms with E-state index in [1.54, 1.807) is 18.2 Å². The lowest BCUT2D eigenvalue weighted by Crippen LogP contribution is -2.10. The number of nitrogens with two attached hydrogens (primary N) is 1. The van der Waals surface area contributed by atoms with Gasteiger partial charge in [0.1, 0.15) is 5.56 Å². The number of anilines is 1. The number of hydrogen-bond donors (Lipinski definition) is 1. The first-order valence-electron chi connectivity index (χ1n) is 5.88. The zero-order chi connectivity index (χ0) is 13.4. The van der Waals surface area contributed by atoms with Crippen LogP contribution in [0.4, 0.5) is 5.69 Å². The van der Waals surface area contributed by atoms with Crippen molar-refractivity contribution in [1.29, 1.82) is 0 Å². The second kappa shape index (κ2) is 7.55. The summed E-state index contributed by atoms with van der Waals surface area (Å²) in [5, 5.41) is 0. The fourth-order valence-corrected chi connectivity index (χ4v) is 1.49. The van der Waals surface area contributed by atoms with E-state index in [1.807, 2.05) is 6.92 Å². The van der Waals surface area contributed by atoms with Crippen LogP contribution in [0.2, 0.25) is 0 Å². The zero-order valence-corrected chi connectivity index (χ0v) is 10.8. The Morgan fingerprint density at radius 2 is 2.11 bits per heavy atom. The minimum Gasteiger partial charge on any atom is -0.494 e. The summed E-state index contributed by atoms with van der Waals surface area (Å²) in [6.45, 7) is 3.48. The highest BCUT2D eigenvalue weighted by atomic mass is 16.5. The van der Waals surface area contributed by atoms with Crippen molar-refractivity contribution in [3.05, 3.63) is 23.8 Å². The molecule has 0 fully saturated rings. The first-order chi connectivity index (χ1) is 8.70. The van der Waals surface area contributed by atoms with Crippen LogP contribution in [0.3, 0.4) is 0 Å². The standard InChI is InChI=1S/C13H19NO4/c1-3-17-8-5-9-18-13(15)10-6-4-7-11(14)12(10)16-2/h4,6-7H,3,5,8-9,14H2,1-2H3. The lowest BCUT2D eigenvalue weighted by Gasteiger charge is -2.10. The third-order valence-corrected chi connectivity index (χ3v) is 2.34. The van der Waals surface area contributed by atoms with E-state index in [1.165, 1.54) is 7.11 Å². The molecule has 0 unspecified atom stereocenters. The molecule has 1 rings (SSSR count). The predicted octanol–water partition coefficient (Wildman–Crippen LogP) is 1.86. The number of carbonyl (C=O) groups excluding carboxylic acids is 1. The third kappa shape index (κ3) is 3.92. The molecule has 0 spiro atoms. The van der Waals surface area contributed by atoms with Gasteiger partial charge in [-0.3, -0.25) is 0 Å². The van der Waals surface area contributed by atoms with Gasteiger partial charge < -0.3 is 19.9 Å². The molecule has 1 aromatic rings. The lowest BCUT2D eigenvalue weighted by atomic mass is 10.2. The number of benzene rings is 1. The average Bonchev–Trinajstić information content (AvgIpc) is 2.38. The van der Waals surface area contributed by atoms with Crippen LogP contribution in [0.1, 0.15) is 23.7 Å². The normalized spacial score (nSPS) is 10.1. The van der Waals surface area contributed by atoms with Crippen LogP contribution in [0.25, 0.3) is 0 Å². The molecule has 0 bridgehead atoms. The Morgan fingerprint density at radius 3 is 2.78 bits per heavy atom. The van der Waals surface area contributed by atoms with Crippen molar-refractivity contribution in [3.63, 3.8) is 0 Å². The van der Waals surface area contributed by atoms with Crippen molar-refractivity contribution in [1.82, 2.24) is 0 Å². The van der Waals surface area contributed by atoms with E-state index in [-0.39, 0.29) is 0 Å². The monoisotopic (exact) mass is 253 g/mol. The smallest absolute Gasteiger partial charge is 0.342 e. The van der Waals surface area contributed by atoms with Gasteiger partial charge in [0, 0.05) is 19.6 Å². The number of ether oxygens (including phenoxy) is 3. The summed E-state index contributed by atoms with van der Waals surface area (Å²) in [4.78, 5) is 11.8. The van der Waals surface area contributed by atoms with Crippen molar-refractivity contribution < 1.29 is 19.0 Å². The fraction of sp³-hybridized carbons (Fsp3) is 0.462. The molecule has 0 aliphatic carbocycles. The summed E-state index contributed by atoms with van der Waals surface area (Å²) < 4.78 is 15.4. The predicted molar refractivity (Wildman–Crippen MR) is 68.8 cm³/mol. The average molecular weight is 253 g/mol. The summed E-state index contributed by atoms with van der Waals surface area (Å²) in [6, 6.07) is 4.99. The number of hydrogen-bond acceptors (Lipinski definition) is 5. The Kier molecular flexibility index (Phi) is 6.00. The second-order valence-electron chi connectivity index (χ2n) is 3.61. The largest absolute Gasteiger partial charge is 0.494 e. The minimum absolute atomic E-state index is 0.316. The van der Waals surface area contributed by atoms with Gasteiger partial charge in [0.05, 0.1) is 19.4 Å². The van der Waals surface area contributed by atoms with Crippen LogP contribution in [0.15, 0.2) is 18.2 Å². The van der Waals surface area contributed by atoms with Gasteiger partial charge in [-0.25, -0.2) is 4.79 Å². The van der Waals surface area contributed by atoms with Crippen LogP contribution < -0.4 is 10.5 Å². The quantitative estimate of drug-likeness (QED) is 0.456. The van der Waals surface area contributed by atoms with Gasteiger partial charge in [0.15, 0.2) is 5.75 Å². The van der Waals surface area contributed by atoms with Gasteiger partial charge in [-0.2, -0.15) is 0 Å². The van der Waals surface area contributed by atoms with Crippen molar-refractivity contribution in [2.75, 3.05) is 32.7 Å². The van der Waals surface area contributed by atoms with Crippen LogP contribution >= 0.6 is 0 Å². The van der Waals surface area contributed by atoms with E-state index in [9.17, 15) is 4.79 Å². The van der Waals surface area contributed by atoms with E-state index in [0.717, 1.165) is 0 Å². The molecule has 0 aromatic heterocycles. The summed E-state index contributed by atoms with van der Waals surface area (Å²) in [7, 11) is 1.47. The SMILES string of the molecule is CCOCCCOC(=O)c1cccc(N)c1OC. The fourth-order valence-electron chi connectivity index (χ4n) is 1.49. The highest BCUT2D eigenvalue weighted by Crippen LogP contribution is 2.26. The van der Waals surface area contributed by atoms with Gasteiger partial charge >= 0.3 is 5.97 Å². The summed E-state index contributed by atoms with van der Waals surface area (Å²) >= 11 is 0. The maximum atomic E-state index is 11.8. The van der Waals surface area contributed by atoms with E-state index in [0.29, 0.717) is 43.2 Å².